The summed E-state index contributed by atoms with van der Waals surface area (Å²) in [6.07, 6.45) is 3.89. The Morgan fingerprint density at radius 2 is 1.92 bits per heavy atom. The maximum Gasteiger partial charge on any atom is 0.345 e. The second-order valence-corrected chi connectivity index (χ2v) is 8.13. The van der Waals surface area contributed by atoms with Crippen LogP contribution in [0.1, 0.15) is 45.8 Å². The van der Waals surface area contributed by atoms with Gasteiger partial charge >= 0.3 is 5.97 Å². The van der Waals surface area contributed by atoms with Gasteiger partial charge in [0.15, 0.2) is 0 Å². The van der Waals surface area contributed by atoms with E-state index in [4.69, 9.17) is 9.47 Å². The SMILES string of the molecule is O=C(O)c1cc2c(s1)C1(CCN(C(=O)C3CCOCC3)CC1)OCC2. The lowest BCUT2D eigenvalue weighted by Crippen LogP contribution is -2.49. The van der Waals surface area contributed by atoms with Crippen LogP contribution in [0.5, 0.6) is 0 Å². The Morgan fingerprint density at radius 1 is 1.20 bits per heavy atom. The summed E-state index contributed by atoms with van der Waals surface area (Å²) in [5.74, 6) is -0.542. The van der Waals surface area contributed by atoms with Crippen LogP contribution in [0.2, 0.25) is 0 Å². The van der Waals surface area contributed by atoms with Crippen LogP contribution in [0.3, 0.4) is 0 Å². The standard InChI is InChI=1S/C18H23NO5S/c20-16(12-1-8-23-9-2-12)19-6-4-18(5-7-19)15-13(3-10-24-18)11-14(25-15)17(21)22/h11-12H,1-10H2,(H,21,22). The van der Waals surface area contributed by atoms with E-state index in [1.807, 2.05) is 4.90 Å². The van der Waals surface area contributed by atoms with E-state index in [-0.39, 0.29) is 11.8 Å². The van der Waals surface area contributed by atoms with Crippen LogP contribution >= 0.6 is 11.3 Å². The van der Waals surface area contributed by atoms with Crippen LogP contribution in [0.4, 0.5) is 0 Å². The van der Waals surface area contributed by atoms with Gasteiger partial charge in [0.2, 0.25) is 5.91 Å². The number of carbonyl (C=O) groups excluding carboxylic acids is 1. The molecule has 25 heavy (non-hydrogen) atoms. The Labute approximate surface area is 150 Å². The molecule has 6 nitrogen and oxygen atoms in total. The molecule has 1 aromatic rings. The van der Waals surface area contributed by atoms with E-state index >= 15 is 0 Å². The number of carboxylic acid groups (broad SMARTS) is 1. The fraction of sp³-hybridized carbons (Fsp3) is 0.667. The molecule has 1 amide bonds. The summed E-state index contributed by atoms with van der Waals surface area (Å²) >= 11 is 1.34. The molecule has 136 valence electrons. The number of amides is 1. The second kappa shape index (κ2) is 6.70. The molecule has 0 atom stereocenters. The van der Waals surface area contributed by atoms with Gasteiger partial charge in [0.1, 0.15) is 10.5 Å². The van der Waals surface area contributed by atoms with Crippen LogP contribution in [0.25, 0.3) is 0 Å². The third-order valence-corrected chi connectivity index (χ3v) is 6.99. The first-order chi connectivity index (χ1) is 12.1. The Kier molecular flexibility index (Phi) is 4.56. The highest BCUT2D eigenvalue weighted by Gasteiger charge is 2.44. The van der Waals surface area contributed by atoms with Crippen molar-refractivity contribution in [2.24, 2.45) is 5.92 Å². The number of carboxylic acids is 1. The van der Waals surface area contributed by atoms with E-state index in [0.29, 0.717) is 37.8 Å². The van der Waals surface area contributed by atoms with Gasteiger partial charge in [-0.1, -0.05) is 0 Å². The van der Waals surface area contributed by atoms with Gasteiger partial charge in [0.05, 0.1) is 6.61 Å². The summed E-state index contributed by atoms with van der Waals surface area (Å²) in [7, 11) is 0. The molecule has 7 heteroatoms. The summed E-state index contributed by atoms with van der Waals surface area (Å²) in [5, 5.41) is 9.29. The Morgan fingerprint density at radius 3 is 2.60 bits per heavy atom. The van der Waals surface area contributed by atoms with Crippen molar-refractivity contribution in [2.75, 3.05) is 32.9 Å². The predicted molar refractivity (Wildman–Crippen MR) is 92.0 cm³/mol. The highest BCUT2D eigenvalue weighted by Crippen LogP contribution is 2.45. The lowest BCUT2D eigenvalue weighted by molar-refractivity contribution is -0.147. The quantitative estimate of drug-likeness (QED) is 0.870. The molecule has 2 saturated heterocycles. The first-order valence-corrected chi connectivity index (χ1v) is 9.78. The number of hydrogen-bond acceptors (Lipinski definition) is 5. The van der Waals surface area contributed by atoms with Crippen molar-refractivity contribution in [3.63, 3.8) is 0 Å². The molecule has 0 aromatic carbocycles. The number of thiophene rings is 1. The number of rotatable bonds is 2. The maximum atomic E-state index is 12.7. The summed E-state index contributed by atoms with van der Waals surface area (Å²) < 4.78 is 11.5. The molecule has 3 aliphatic rings. The number of fused-ring (bicyclic) bond motifs is 2. The van der Waals surface area contributed by atoms with Gasteiger partial charge in [-0.15, -0.1) is 11.3 Å². The fourth-order valence-electron chi connectivity index (χ4n) is 4.19. The van der Waals surface area contributed by atoms with Gasteiger partial charge in [0.25, 0.3) is 0 Å². The normalized spacial score (nSPS) is 23.4. The first kappa shape index (κ1) is 17.0. The number of likely N-dealkylation sites (tertiary alicyclic amines) is 1. The molecule has 4 rings (SSSR count). The molecule has 0 unspecified atom stereocenters. The van der Waals surface area contributed by atoms with Crippen molar-refractivity contribution >= 4 is 23.2 Å². The Balaban J connectivity index is 1.48. The number of piperidine rings is 1. The van der Waals surface area contributed by atoms with Gasteiger partial charge in [-0.25, -0.2) is 4.79 Å². The first-order valence-electron chi connectivity index (χ1n) is 8.96. The van der Waals surface area contributed by atoms with Crippen LogP contribution in [-0.2, 0) is 26.3 Å². The zero-order valence-electron chi connectivity index (χ0n) is 14.2. The van der Waals surface area contributed by atoms with E-state index in [1.54, 1.807) is 6.07 Å². The van der Waals surface area contributed by atoms with E-state index in [0.717, 1.165) is 42.5 Å². The number of ether oxygens (including phenoxy) is 2. The van der Waals surface area contributed by atoms with Crippen molar-refractivity contribution in [1.29, 1.82) is 0 Å². The molecule has 4 heterocycles. The van der Waals surface area contributed by atoms with Crippen LogP contribution in [0.15, 0.2) is 6.07 Å². The molecular formula is C18H23NO5S. The minimum atomic E-state index is -0.873. The molecule has 1 N–H and O–H groups in total. The number of hydrogen-bond donors (Lipinski definition) is 1. The summed E-state index contributed by atoms with van der Waals surface area (Å²) in [6, 6.07) is 1.80. The minimum Gasteiger partial charge on any atom is -0.477 e. The number of aromatic carboxylic acids is 1. The van der Waals surface area contributed by atoms with Crippen molar-refractivity contribution < 1.29 is 24.2 Å². The third-order valence-electron chi connectivity index (χ3n) is 5.64. The molecule has 3 aliphatic heterocycles. The highest BCUT2D eigenvalue weighted by molar-refractivity contribution is 7.14. The van der Waals surface area contributed by atoms with Gasteiger partial charge < -0.3 is 19.5 Å². The van der Waals surface area contributed by atoms with Gasteiger partial charge in [-0.05, 0) is 43.7 Å². The van der Waals surface area contributed by atoms with E-state index in [9.17, 15) is 14.7 Å². The van der Waals surface area contributed by atoms with Crippen LogP contribution < -0.4 is 0 Å². The monoisotopic (exact) mass is 365 g/mol. The fourth-order valence-corrected chi connectivity index (χ4v) is 5.44. The van der Waals surface area contributed by atoms with E-state index in [1.165, 1.54) is 11.3 Å². The summed E-state index contributed by atoms with van der Waals surface area (Å²) in [4.78, 5) is 27.4. The number of nitrogens with zero attached hydrogens (tertiary/aromatic N) is 1. The zero-order chi connectivity index (χ0) is 17.4. The van der Waals surface area contributed by atoms with Gasteiger partial charge in [-0.2, -0.15) is 0 Å². The molecule has 1 spiro atoms. The van der Waals surface area contributed by atoms with Crippen molar-refractivity contribution in [2.45, 2.75) is 37.7 Å². The van der Waals surface area contributed by atoms with E-state index < -0.39 is 11.6 Å². The summed E-state index contributed by atoms with van der Waals surface area (Å²) in [6.45, 7) is 3.32. The van der Waals surface area contributed by atoms with Gasteiger partial charge in [-0.3, -0.25) is 4.79 Å². The van der Waals surface area contributed by atoms with Crippen LogP contribution in [-0.4, -0.2) is 54.8 Å². The Hall–Kier alpha value is -1.44. The summed E-state index contributed by atoms with van der Waals surface area (Å²) in [5.41, 5.74) is 0.705. The molecule has 0 radical (unpaired) electrons. The largest absolute Gasteiger partial charge is 0.477 e. The van der Waals surface area contributed by atoms with Crippen molar-refractivity contribution in [3.05, 3.63) is 21.4 Å². The smallest absolute Gasteiger partial charge is 0.345 e. The second-order valence-electron chi connectivity index (χ2n) is 7.07. The molecule has 0 aliphatic carbocycles. The molecular weight excluding hydrogens is 342 g/mol. The predicted octanol–water partition coefficient (Wildman–Crippen LogP) is 2.26. The minimum absolute atomic E-state index is 0.0889. The highest BCUT2D eigenvalue weighted by atomic mass is 32.1. The molecule has 0 saturated carbocycles. The van der Waals surface area contributed by atoms with Gasteiger partial charge in [0, 0.05) is 37.1 Å². The number of carbonyl (C=O) groups is 2. The Bertz CT molecular complexity index is 671. The third kappa shape index (κ3) is 3.09. The average molecular weight is 365 g/mol. The molecule has 1 aromatic heterocycles. The van der Waals surface area contributed by atoms with Crippen molar-refractivity contribution in [3.8, 4) is 0 Å². The van der Waals surface area contributed by atoms with E-state index in [2.05, 4.69) is 0 Å². The molecule has 2 fully saturated rings. The lowest BCUT2D eigenvalue weighted by Gasteiger charge is -2.44. The maximum absolute atomic E-state index is 12.7. The lowest BCUT2D eigenvalue weighted by atomic mass is 9.84. The zero-order valence-corrected chi connectivity index (χ0v) is 15.0. The van der Waals surface area contributed by atoms with Crippen LogP contribution in [0, 0.1) is 5.92 Å². The topological polar surface area (TPSA) is 76.1 Å². The van der Waals surface area contributed by atoms with Crippen molar-refractivity contribution in [1.82, 2.24) is 4.90 Å². The molecule has 0 bridgehead atoms. The average Bonchev–Trinajstić information content (AvgIpc) is 3.09.